The highest BCUT2D eigenvalue weighted by Crippen LogP contribution is 2.39. The minimum absolute atomic E-state index is 0.207. The average Bonchev–Trinajstić information content (AvgIpc) is 3.03. The zero-order valence-corrected chi connectivity index (χ0v) is 19.5. The number of hydrogen-bond acceptors (Lipinski definition) is 5. The summed E-state index contributed by atoms with van der Waals surface area (Å²) in [5.74, 6) is 1.55. The number of benzene rings is 2. The summed E-state index contributed by atoms with van der Waals surface area (Å²) < 4.78 is 12.9. The molecule has 1 atom stereocenters. The van der Waals surface area contributed by atoms with E-state index < -0.39 is 0 Å². The Morgan fingerprint density at radius 3 is 2.67 bits per heavy atom. The van der Waals surface area contributed by atoms with Crippen molar-refractivity contribution < 1.29 is 9.47 Å². The molecule has 1 aliphatic rings. The van der Waals surface area contributed by atoms with Gasteiger partial charge in [0, 0.05) is 24.5 Å². The lowest BCUT2D eigenvalue weighted by molar-refractivity contribution is 0.242. The first-order valence-electron chi connectivity index (χ1n) is 10.3. The molecule has 2 aromatic carbocycles. The van der Waals surface area contributed by atoms with Gasteiger partial charge in [-0.1, -0.05) is 36.4 Å². The van der Waals surface area contributed by atoms with E-state index in [1.165, 1.54) is 10.4 Å². The molecule has 3 aromatic rings. The Kier molecular flexibility index (Phi) is 7.44. The molecule has 1 N–H and O–H groups in total. The number of thiophene rings is 1. The minimum Gasteiger partial charge on any atom is -0.493 e. The van der Waals surface area contributed by atoms with Crippen molar-refractivity contribution in [1.29, 1.82) is 0 Å². The summed E-state index contributed by atoms with van der Waals surface area (Å²) in [6.45, 7) is 4.71. The van der Waals surface area contributed by atoms with E-state index in [4.69, 9.17) is 9.47 Å². The van der Waals surface area contributed by atoms with Crippen LogP contribution in [0.2, 0.25) is 0 Å². The van der Waals surface area contributed by atoms with Gasteiger partial charge in [0.15, 0.2) is 11.5 Å². The highest BCUT2D eigenvalue weighted by atomic mass is 79.9. The Bertz CT molecular complexity index is 939. The number of halogens is 1. The third-order valence-electron chi connectivity index (χ3n) is 5.34. The second-order valence-corrected chi connectivity index (χ2v) is 9.86. The standard InChI is InChI=1S/C24H27BrN2O2S/c1-28-21-16-19(8-9-20(21)29-17-18-6-3-2-4-7-18)24(22-10-11-23(25)30-22)27-14-5-12-26-13-15-27/h2-4,6-11,16,24,26H,5,12-15,17H2,1H3. The van der Waals surface area contributed by atoms with Crippen LogP contribution >= 0.6 is 27.3 Å². The van der Waals surface area contributed by atoms with Crippen LogP contribution in [0.4, 0.5) is 0 Å². The maximum Gasteiger partial charge on any atom is 0.161 e. The molecule has 1 saturated heterocycles. The van der Waals surface area contributed by atoms with E-state index in [9.17, 15) is 0 Å². The summed E-state index contributed by atoms with van der Waals surface area (Å²) in [7, 11) is 1.71. The van der Waals surface area contributed by atoms with Gasteiger partial charge < -0.3 is 14.8 Å². The zero-order valence-electron chi connectivity index (χ0n) is 17.1. The number of rotatable bonds is 7. The number of hydrogen-bond donors (Lipinski definition) is 1. The fraction of sp³-hybridized carbons (Fsp3) is 0.333. The molecule has 2 heterocycles. The van der Waals surface area contributed by atoms with Gasteiger partial charge in [0.2, 0.25) is 0 Å². The van der Waals surface area contributed by atoms with Crippen molar-refractivity contribution in [2.24, 2.45) is 0 Å². The molecule has 1 aromatic heterocycles. The van der Waals surface area contributed by atoms with E-state index in [1.807, 2.05) is 24.3 Å². The van der Waals surface area contributed by atoms with Crippen molar-refractivity contribution in [2.45, 2.75) is 19.1 Å². The Morgan fingerprint density at radius 2 is 1.90 bits per heavy atom. The molecule has 4 rings (SSSR count). The molecule has 0 aliphatic carbocycles. The Labute approximate surface area is 191 Å². The highest BCUT2D eigenvalue weighted by molar-refractivity contribution is 9.11. The lowest BCUT2D eigenvalue weighted by Gasteiger charge is -2.30. The van der Waals surface area contributed by atoms with Crippen molar-refractivity contribution in [3.8, 4) is 11.5 Å². The second kappa shape index (κ2) is 10.4. The van der Waals surface area contributed by atoms with E-state index in [0.717, 1.165) is 53.4 Å². The Balaban J connectivity index is 1.61. The summed E-state index contributed by atoms with van der Waals surface area (Å²) in [6, 6.07) is 21.1. The second-order valence-electron chi connectivity index (χ2n) is 7.37. The fourth-order valence-corrected chi connectivity index (χ4v) is 5.45. The lowest BCUT2D eigenvalue weighted by atomic mass is 10.0. The van der Waals surface area contributed by atoms with Crippen molar-refractivity contribution in [2.75, 3.05) is 33.3 Å². The summed E-state index contributed by atoms with van der Waals surface area (Å²) in [5, 5.41) is 3.51. The number of ether oxygens (including phenoxy) is 2. The summed E-state index contributed by atoms with van der Waals surface area (Å²) in [4.78, 5) is 3.90. The van der Waals surface area contributed by atoms with E-state index in [1.54, 1.807) is 18.4 Å². The number of nitrogens with zero attached hydrogens (tertiary/aromatic N) is 1. The molecular formula is C24H27BrN2O2S. The molecule has 0 bridgehead atoms. The molecule has 1 unspecified atom stereocenters. The van der Waals surface area contributed by atoms with Crippen LogP contribution < -0.4 is 14.8 Å². The predicted octanol–water partition coefficient (Wildman–Crippen LogP) is 5.48. The molecule has 0 saturated carbocycles. The van der Waals surface area contributed by atoms with Gasteiger partial charge >= 0.3 is 0 Å². The van der Waals surface area contributed by atoms with Gasteiger partial charge in [-0.2, -0.15) is 0 Å². The van der Waals surface area contributed by atoms with Crippen LogP contribution in [0.15, 0.2) is 64.5 Å². The van der Waals surface area contributed by atoms with Gasteiger partial charge in [0.1, 0.15) is 6.61 Å². The van der Waals surface area contributed by atoms with Crippen molar-refractivity contribution in [3.63, 3.8) is 0 Å². The van der Waals surface area contributed by atoms with Crippen LogP contribution in [-0.2, 0) is 6.61 Å². The smallest absolute Gasteiger partial charge is 0.161 e. The normalized spacial score (nSPS) is 16.1. The SMILES string of the molecule is COc1cc(C(c2ccc(Br)s2)N2CCCNCC2)ccc1OCc1ccccc1. The van der Waals surface area contributed by atoms with Crippen LogP contribution in [0.3, 0.4) is 0 Å². The summed E-state index contributed by atoms with van der Waals surface area (Å²) in [6.07, 6.45) is 1.15. The third kappa shape index (κ3) is 5.24. The van der Waals surface area contributed by atoms with Crippen LogP contribution in [0.1, 0.15) is 28.5 Å². The topological polar surface area (TPSA) is 33.7 Å². The van der Waals surface area contributed by atoms with Crippen LogP contribution in [0.25, 0.3) is 0 Å². The average molecular weight is 487 g/mol. The van der Waals surface area contributed by atoms with Crippen molar-refractivity contribution in [1.82, 2.24) is 10.2 Å². The molecule has 0 radical (unpaired) electrons. The van der Waals surface area contributed by atoms with E-state index in [2.05, 4.69) is 62.5 Å². The number of methoxy groups -OCH3 is 1. The third-order valence-corrected chi connectivity index (χ3v) is 7.02. The van der Waals surface area contributed by atoms with E-state index in [0.29, 0.717) is 6.61 Å². The highest BCUT2D eigenvalue weighted by Gasteiger charge is 2.25. The summed E-state index contributed by atoms with van der Waals surface area (Å²) in [5.41, 5.74) is 2.37. The molecule has 6 heteroatoms. The predicted molar refractivity (Wildman–Crippen MR) is 127 cm³/mol. The first-order chi connectivity index (χ1) is 14.7. The molecule has 0 spiro atoms. The Morgan fingerprint density at radius 1 is 1.03 bits per heavy atom. The summed E-state index contributed by atoms with van der Waals surface area (Å²) >= 11 is 5.44. The van der Waals surface area contributed by atoms with Gasteiger partial charge in [0.25, 0.3) is 0 Å². The molecule has 30 heavy (non-hydrogen) atoms. The first-order valence-corrected chi connectivity index (χ1v) is 11.9. The fourth-order valence-electron chi connectivity index (χ4n) is 3.86. The van der Waals surface area contributed by atoms with Gasteiger partial charge in [-0.25, -0.2) is 0 Å². The van der Waals surface area contributed by atoms with Crippen molar-refractivity contribution in [3.05, 3.63) is 80.5 Å². The quantitative estimate of drug-likeness (QED) is 0.479. The molecule has 1 aliphatic heterocycles. The number of nitrogens with one attached hydrogen (secondary N) is 1. The van der Waals surface area contributed by atoms with Gasteiger partial charge in [0.05, 0.1) is 16.9 Å². The maximum absolute atomic E-state index is 6.07. The minimum atomic E-state index is 0.207. The Hall–Kier alpha value is -1.86. The first kappa shape index (κ1) is 21.4. The van der Waals surface area contributed by atoms with Crippen LogP contribution in [0.5, 0.6) is 11.5 Å². The van der Waals surface area contributed by atoms with Crippen molar-refractivity contribution >= 4 is 27.3 Å². The van der Waals surface area contributed by atoms with Gasteiger partial charge in [-0.3, -0.25) is 4.90 Å². The molecular weight excluding hydrogens is 460 g/mol. The van der Waals surface area contributed by atoms with Gasteiger partial charge in [-0.05, 0) is 64.3 Å². The molecule has 1 fully saturated rings. The zero-order chi connectivity index (χ0) is 20.8. The molecule has 0 amide bonds. The van der Waals surface area contributed by atoms with E-state index >= 15 is 0 Å². The lowest BCUT2D eigenvalue weighted by Crippen LogP contribution is -2.32. The van der Waals surface area contributed by atoms with E-state index in [-0.39, 0.29) is 6.04 Å². The largest absolute Gasteiger partial charge is 0.493 e. The van der Waals surface area contributed by atoms with Crippen LogP contribution in [0, 0.1) is 0 Å². The maximum atomic E-state index is 6.07. The van der Waals surface area contributed by atoms with Gasteiger partial charge in [-0.15, -0.1) is 11.3 Å². The monoisotopic (exact) mass is 486 g/mol. The molecule has 4 nitrogen and oxygen atoms in total. The molecule has 158 valence electrons. The van der Waals surface area contributed by atoms with Crippen LogP contribution in [-0.4, -0.2) is 38.2 Å².